The van der Waals surface area contributed by atoms with Gasteiger partial charge in [-0.15, -0.1) is 0 Å². The summed E-state index contributed by atoms with van der Waals surface area (Å²) < 4.78 is 4.98. The number of carbonyl (C=O) groups is 2. The van der Waals surface area contributed by atoms with Gasteiger partial charge in [0.15, 0.2) is 5.82 Å². The van der Waals surface area contributed by atoms with Crippen molar-refractivity contribution in [1.82, 2.24) is 19.9 Å². The number of aryl methyl sites for hydroxylation is 1. The highest BCUT2D eigenvalue weighted by atomic mass is 16.5. The molecule has 0 spiro atoms. The number of nitrogens with zero attached hydrogens (tertiary/aromatic N) is 4. The number of aromatic nitrogens is 1. The summed E-state index contributed by atoms with van der Waals surface area (Å²) in [7, 11) is 0. The summed E-state index contributed by atoms with van der Waals surface area (Å²) in [6, 6.07) is 1.46. The zero-order valence-corrected chi connectivity index (χ0v) is 16.4. The Hall–Kier alpha value is -1.93. The molecule has 1 atom stereocenters. The summed E-state index contributed by atoms with van der Waals surface area (Å²) in [4.78, 5) is 31.3. The second-order valence-corrected chi connectivity index (χ2v) is 7.60. The standard InChI is InChI=1S/C19H31N5O3/c1-15-13-17(21-27-15)20-19(26)16(2)23-11-9-22(10-12-23)14-18(25)24-7-5-3-4-6-8-24/h13,16H,3-12,14H2,1-2H3,(H,20,21,26). The van der Waals surface area contributed by atoms with E-state index < -0.39 is 0 Å². The van der Waals surface area contributed by atoms with E-state index in [1.807, 2.05) is 11.8 Å². The lowest BCUT2D eigenvalue weighted by Crippen LogP contribution is -2.54. The number of hydrogen-bond acceptors (Lipinski definition) is 6. The van der Waals surface area contributed by atoms with Gasteiger partial charge in [0.05, 0.1) is 12.6 Å². The minimum Gasteiger partial charge on any atom is -0.360 e. The van der Waals surface area contributed by atoms with E-state index in [4.69, 9.17) is 4.52 Å². The molecule has 0 aromatic carbocycles. The molecule has 2 aliphatic heterocycles. The molecule has 1 N–H and O–H groups in total. The quantitative estimate of drug-likeness (QED) is 0.834. The molecule has 0 bridgehead atoms. The van der Waals surface area contributed by atoms with Gasteiger partial charge >= 0.3 is 0 Å². The Kier molecular flexibility index (Phi) is 6.84. The average molecular weight is 377 g/mol. The second-order valence-electron chi connectivity index (χ2n) is 7.60. The fourth-order valence-electron chi connectivity index (χ4n) is 3.74. The molecule has 1 unspecified atom stereocenters. The predicted molar refractivity (Wildman–Crippen MR) is 102 cm³/mol. The van der Waals surface area contributed by atoms with Crippen molar-refractivity contribution in [3.05, 3.63) is 11.8 Å². The van der Waals surface area contributed by atoms with Gasteiger partial charge in [0.1, 0.15) is 5.76 Å². The van der Waals surface area contributed by atoms with E-state index in [1.165, 1.54) is 12.8 Å². The van der Waals surface area contributed by atoms with Gasteiger partial charge in [-0.3, -0.25) is 19.4 Å². The van der Waals surface area contributed by atoms with Crippen LogP contribution in [0.2, 0.25) is 0 Å². The van der Waals surface area contributed by atoms with E-state index in [0.29, 0.717) is 18.1 Å². The van der Waals surface area contributed by atoms with Crippen LogP contribution in [-0.4, -0.2) is 83.5 Å². The van der Waals surface area contributed by atoms with E-state index in [9.17, 15) is 9.59 Å². The number of likely N-dealkylation sites (tertiary alicyclic amines) is 1. The average Bonchev–Trinajstić information content (AvgIpc) is 2.90. The third kappa shape index (κ3) is 5.52. The molecule has 2 aliphatic rings. The smallest absolute Gasteiger partial charge is 0.242 e. The van der Waals surface area contributed by atoms with Crippen LogP contribution in [0.15, 0.2) is 10.6 Å². The number of nitrogens with one attached hydrogen (secondary N) is 1. The predicted octanol–water partition coefficient (Wildman–Crippen LogP) is 1.33. The minimum atomic E-state index is -0.245. The molecule has 3 heterocycles. The van der Waals surface area contributed by atoms with Crippen LogP contribution in [0, 0.1) is 6.92 Å². The van der Waals surface area contributed by atoms with Gasteiger partial charge in [-0.25, -0.2) is 0 Å². The molecule has 3 rings (SSSR count). The van der Waals surface area contributed by atoms with E-state index >= 15 is 0 Å². The Labute approximate surface area is 160 Å². The topological polar surface area (TPSA) is 81.9 Å². The van der Waals surface area contributed by atoms with Crippen LogP contribution in [-0.2, 0) is 9.59 Å². The van der Waals surface area contributed by atoms with Crippen LogP contribution < -0.4 is 5.32 Å². The molecule has 0 aliphatic carbocycles. The lowest BCUT2D eigenvalue weighted by Gasteiger charge is -2.37. The molecule has 0 radical (unpaired) electrons. The summed E-state index contributed by atoms with van der Waals surface area (Å²) in [5.41, 5.74) is 0. The van der Waals surface area contributed by atoms with Gasteiger partial charge in [0, 0.05) is 45.3 Å². The highest BCUT2D eigenvalue weighted by molar-refractivity contribution is 5.93. The summed E-state index contributed by atoms with van der Waals surface area (Å²) in [5, 5.41) is 6.60. The minimum absolute atomic E-state index is 0.0857. The fraction of sp³-hybridized carbons (Fsp3) is 0.737. The number of rotatable bonds is 5. The van der Waals surface area contributed by atoms with E-state index in [1.54, 1.807) is 13.0 Å². The summed E-state index contributed by atoms with van der Waals surface area (Å²) in [6.07, 6.45) is 4.71. The summed E-state index contributed by atoms with van der Waals surface area (Å²) >= 11 is 0. The van der Waals surface area contributed by atoms with Crippen LogP contribution in [0.25, 0.3) is 0 Å². The zero-order chi connectivity index (χ0) is 19.2. The van der Waals surface area contributed by atoms with Crippen molar-refractivity contribution in [3.8, 4) is 0 Å². The van der Waals surface area contributed by atoms with Crippen molar-refractivity contribution in [2.45, 2.75) is 45.6 Å². The third-order valence-corrected chi connectivity index (χ3v) is 5.53. The largest absolute Gasteiger partial charge is 0.360 e. The van der Waals surface area contributed by atoms with Crippen LogP contribution >= 0.6 is 0 Å². The summed E-state index contributed by atoms with van der Waals surface area (Å²) in [5.74, 6) is 1.28. The molecule has 1 aromatic rings. The van der Waals surface area contributed by atoms with Gasteiger partial charge in [0.25, 0.3) is 0 Å². The van der Waals surface area contributed by atoms with E-state index in [2.05, 4.69) is 20.3 Å². The van der Waals surface area contributed by atoms with Gasteiger partial charge in [-0.05, 0) is 26.7 Å². The third-order valence-electron chi connectivity index (χ3n) is 5.53. The van der Waals surface area contributed by atoms with Gasteiger partial charge in [-0.1, -0.05) is 18.0 Å². The number of carbonyl (C=O) groups excluding carboxylic acids is 2. The maximum absolute atomic E-state index is 12.5. The maximum Gasteiger partial charge on any atom is 0.242 e. The Morgan fingerprint density at radius 3 is 2.37 bits per heavy atom. The molecule has 150 valence electrons. The summed E-state index contributed by atoms with van der Waals surface area (Å²) in [6.45, 7) is 9.15. The first-order valence-corrected chi connectivity index (χ1v) is 10.0. The molecular weight excluding hydrogens is 346 g/mol. The van der Waals surface area contributed by atoms with Gasteiger partial charge < -0.3 is 14.7 Å². The lowest BCUT2D eigenvalue weighted by atomic mass is 10.2. The Morgan fingerprint density at radius 2 is 1.78 bits per heavy atom. The number of amides is 2. The molecule has 0 saturated carbocycles. The van der Waals surface area contributed by atoms with Crippen LogP contribution in [0.3, 0.4) is 0 Å². The molecular formula is C19H31N5O3. The highest BCUT2D eigenvalue weighted by Gasteiger charge is 2.27. The molecule has 8 nitrogen and oxygen atoms in total. The van der Waals surface area contributed by atoms with Crippen molar-refractivity contribution < 1.29 is 14.1 Å². The van der Waals surface area contributed by atoms with Crippen molar-refractivity contribution >= 4 is 17.6 Å². The maximum atomic E-state index is 12.5. The first-order chi connectivity index (χ1) is 13.0. The normalized spacial score (nSPS) is 20.9. The van der Waals surface area contributed by atoms with Crippen LogP contribution in [0.5, 0.6) is 0 Å². The first kappa shape index (κ1) is 19.8. The van der Waals surface area contributed by atoms with Gasteiger partial charge in [-0.2, -0.15) is 0 Å². The SMILES string of the molecule is Cc1cc(NC(=O)C(C)N2CCN(CC(=O)N3CCCCCC3)CC2)no1. The second kappa shape index (κ2) is 9.32. The number of piperazine rings is 1. The van der Waals surface area contributed by atoms with Crippen molar-refractivity contribution in [2.24, 2.45) is 0 Å². The zero-order valence-electron chi connectivity index (χ0n) is 16.4. The Bertz CT molecular complexity index is 631. The molecule has 27 heavy (non-hydrogen) atoms. The Morgan fingerprint density at radius 1 is 1.11 bits per heavy atom. The lowest BCUT2D eigenvalue weighted by molar-refractivity contribution is -0.133. The van der Waals surface area contributed by atoms with Crippen molar-refractivity contribution in [1.29, 1.82) is 0 Å². The van der Waals surface area contributed by atoms with Crippen LogP contribution in [0.1, 0.15) is 38.4 Å². The van der Waals surface area contributed by atoms with Crippen molar-refractivity contribution in [3.63, 3.8) is 0 Å². The van der Waals surface area contributed by atoms with E-state index in [0.717, 1.165) is 52.1 Å². The first-order valence-electron chi connectivity index (χ1n) is 10.0. The molecule has 2 saturated heterocycles. The number of hydrogen-bond donors (Lipinski definition) is 1. The van der Waals surface area contributed by atoms with Gasteiger partial charge in [0.2, 0.25) is 11.8 Å². The highest BCUT2D eigenvalue weighted by Crippen LogP contribution is 2.13. The monoisotopic (exact) mass is 377 g/mol. The van der Waals surface area contributed by atoms with E-state index in [-0.39, 0.29) is 17.9 Å². The fourth-order valence-corrected chi connectivity index (χ4v) is 3.74. The van der Waals surface area contributed by atoms with Crippen molar-refractivity contribution in [2.75, 3.05) is 51.1 Å². The molecule has 2 fully saturated rings. The number of anilines is 1. The molecule has 1 aromatic heterocycles. The van der Waals surface area contributed by atoms with Crippen LogP contribution in [0.4, 0.5) is 5.82 Å². The Balaban J connectivity index is 1.42. The molecule has 8 heteroatoms. The molecule has 2 amide bonds.